The maximum atomic E-state index is 13.3. The predicted molar refractivity (Wildman–Crippen MR) is 115 cm³/mol. The number of hydrogen-bond donors (Lipinski definition) is 0. The molecule has 0 radical (unpaired) electrons. The summed E-state index contributed by atoms with van der Waals surface area (Å²) in [5, 5.41) is 0. The van der Waals surface area contributed by atoms with Crippen molar-refractivity contribution in [3.8, 4) is 5.75 Å². The first-order valence-electron chi connectivity index (χ1n) is 8.71. The van der Waals surface area contributed by atoms with E-state index in [9.17, 15) is 8.42 Å². The van der Waals surface area contributed by atoms with Gasteiger partial charge in [-0.05, 0) is 60.7 Å². The Balaban J connectivity index is 1.86. The van der Waals surface area contributed by atoms with Crippen molar-refractivity contribution < 1.29 is 13.2 Å². The minimum Gasteiger partial charge on any atom is -0.493 e. The molecule has 0 aromatic heterocycles. The smallest absolute Gasteiger partial charge is 0.265 e. The van der Waals surface area contributed by atoms with E-state index in [1.165, 1.54) is 4.31 Å². The van der Waals surface area contributed by atoms with Gasteiger partial charge < -0.3 is 9.64 Å². The first-order valence-corrected chi connectivity index (χ1v) is 11.9. The van der Waals surface area contributed by atoms with Gasteiger partial charge in [-0.25, -0.2) is 8.42 Å². The second-order valence-corrected chi connectivity index (χ2v) is 10.3. The van der Waals surface area contributed by atoms with E-state index in [4.69, 9.17) is 4.74 Å². The summed E-state index contributed by atoms with van der Waals surface area (Å²) >= 11 is 5.04. The van der Waals surface area contributed by atoms with Gasteiger partial charge in [0.1, 0.15) is 10.6 Å². The van der Waals surface area contributed by atoms with Crippen LogP contribution in [0.2, 0.25) is 0 Å². The number of halogens is 1. The lowest BCUT2D eigenvalue weighted by Crippen LogP contribution is -2.35. The molecule has 0 unspecified atom stereocenters. The van der Waals surface area contributed by atoms with Gasteiger partial charge in [0, 0.05) is 34.3 Å². The van der Waals surface area contributed by atoms with Gasteiger partial charge in [0.15, 0.2) is 0 Å². The van der Waals surface area contributed by atoms with Gasteiger partial charge in [-0.2, -0.15) is 0 Å². The molecule has 1 aliphatic rings. The second-order valence-electron chi connectivity index (χ2n) is 6.49. The summed E-state index contributed by atoms with van der Waals surface area (Å²) in [4.78, 5) is 3.34. The van der Waals surface area contributed by atoms with Crippen LogP contribution in [0, 0.1) is 0 Å². The van der Waals surface area contributed by atoms with Crippen LogP contribution in [0.4, 0.5) is 5.69 Å². The summed E-state index contributed by atoms with van der Waals surface area (Å²) < 4.78 is 34.4. The van der Waals surface area contributed by atoms with Gasteiger partial charge in [-0.3, -0.25) is 4.31 Å². The Morgan fingerprint density at radius 2 is 2.00 bits per heavy atom. The van der Waals surface area contributed by atoms with Gasteiger partial charge in [0.05, 0.1) is 12.3 Å². The molecule has 0 N–H and O–H groups in total. The van der Waals surface area contributed by atoms with E-state index in [1.807, 2.05) is 38.4 Å². The third-order valence-electron chi connectivity index (χ3n) is 4.17. The molecule has 0 amide bonds. The summed E-state index contributed by atoms with van der Waals surface area (Å²) in [6.07, 6.45) is 0.914. The topological polar surface area (TPSA) is 49.9 Å². The van der Waals surface area contributed by atoms with E-state index in [0.29, 0.717) is 29.1 Å². The number of sulfonamides is 1. The average Bonchev–Trinajstić information content (AvgIpc) is 2.64. The monoisotopic (exact) mass is 470 g/mol. The summed E-state index contributed by atoms with van der Waals surface area (Å²) in [5.41, 5.74) is 0.687. The molecule has 0 aliphatic carbocycles. The largest absolute Gasteiger partial charge is 0.493 e. The highest BCUT2D eigenvalue weighted by Crippen LogP contribution is 2.40. The molecule has 8 heteroatoms. The summed E-state index contributed by atoms with van der Waals surface area (Å²) in [7, 11) is 0.408. The van der Waals surface area contributed by atoms with Crippen molar-refractivity contribution in [3.63, 3.8) is 0 Å². The Morgan fingerprint density at radius 3 is 2.74 bits per heavy atom. The van der Waals surface area contributed by atoms with E-state index in [2.05, 4.69) is 20.8 Å². The fraction of sp³-hybridized carbons (Fsp3) is 0.368. The maximum Gasteiger partial charge on any atom is 0.265 e. The SMILES string of the molecule is CN(C)CCCOc1ccc2c(c1)N(S(=O)(=O)c1ccccc1Br)CCS2. The van der Waals surface area contributed by atoms with E-state index in [-0.39, 0.29) is 4.90 Å². The number of rotatable bonds is 7. The van der Waals surface area contributed by atoms with E-state index in [1.54, 1.807) is 30.0 Å². The number of benzene rings is 2. The molecule has 146 valence electrons. The quantitative estimate of drug-likeness (QED) is 0.570. The van der Waals surface area contributed by atoms with Gasteiger partial charge in [-0.15, -0.1) is 11.8 Å². The molecule has 5 nitrogen and oxygen atoms in total. The van der Waals surface area contributed by atoms with Gasteiger partial charge in [-0.1, -0.05) is 12.1 Å². The molecule has 2 aromatic carbocycles. The van der Waals surface area contributed by atoms with Crippen molar-refractivity contribution in [2.75, 3.05) is 43.8 Å². The first kappa shape index (κ1) is 20.5. The highest BCUT2D eigenvalue weighted by molar-refractivity contribution is 9.10. The van der Waals surface area contributed by atoms with Crippen LogP contribution in [-0.2, 0) is 10.0 Å². The average molecular weight is 471 g/mol. The highest BCUT2D eigenvalue weighted by atomic mass is 79.9. The van der Waals surface area contributed by atoms with Crippen LogP contribution < -0.4 is 9.04 Å². The van der Waals surface area contributed by atoms with Crippen LogP contribution >= 0.6 is 27.7 Å². The Kier molecular flexibility index (Phi) is 6.73. The fourth-order valence-corrected chi connectivity index (χ4v) is 6.45. The van der Waals surface area contributed by atoms with Crippen molar-refractivity contribution in [2.45, 2.75) is 16.2 Å². The molecular weight excluding hydrogens is 448 g/mol. The summed E-state index contributed by atoms with van der Waals surface area (Å²) in [6, 6.07) is 12.6. The summed E-state index contributed by atoms with van der Waals surface area (Å²) in [6.45, 7) is 1.98. The van der Waals surface area contributed by atoms with Crippen molar-refractivity contribution in [2.24, 2.45) is 0 Å². The zero-order valence-electron chi connectivity index (χ0n) is 15.4. The lowest BCUT2D eigenvalue weighted by atomic mass is 10.3. The Morgan fingerprint density at radius 1 is 1.22 bits per heavy atom. The molecule has 3 rings (SSSR count). The van der Waals surface area contributed by atoms with Crippen LogP contribution in [0.5, 0.6) is 5.75 Å². The number of nitrogens with zero attached hydrogens (tertiary/aromatic N) is 2. The van der Waals surface area contributed by atoms with Crippen LogP contribution in [-0.4, -0.2) is 52.9 Å². The number of hydrogen-bond acceptors (Lipinski definition) is 5. The molecule has 27 heavy (non-hydrogen) atoms. The minimum absolute atomic E-state index is 0.278. The van der Waals surface area contributed by atoms with Crippen molar-refractivity contribution >= 4 is 43.4 Å². The molecule has 0 atom stereocenters. The van der Waals surface area contributed by atoms with Crippen LogP contribution in [0.25, 0.3) is 0 Å². The fourth-order valence-electron chi connectivity index (χ4n) is 2.86. The lowest BCUT2D eigenvalue weighted by molar-refractivity contribution is 0.281. The molecule has 2 aromatic rings. The second kappa shape index (κ2) is 8.86. The number of ether oxygens (including phenoxy) is 1. The van der Waals surface area contributed by atoms with Crippen LogP contribution in [0.15, 0.2) is 56.7 Å². The number of anilines is 1. The Hall–Kier alpha value is -1.22. The lowest BCUT2D eigenvalue weighted by Gasteiger charge is -2.30. The molecule has 0 bridgehead atoms. The van der Waals surface area contributed by atoms with Gasteiger partial charge >= 0.3 is 0 Å². The first-order chi connectivity index (χ1) is 12.9. The minimum atomic E-state index is -3.65. The normalized spacial score (nSPS) is 14.3. The summed E-state index contributed by atoms with van der Waals surface area (Å²) in [5.74, 6) is 1.42. The zero-order chi connectivity index (χ0) is 19.4. The zero-order valence-corrected chi connectivity index (χ0v) is 18.6. The molecule has 1 heterocycles. The Labute approximate surface area is 173 Å². The van der Waals surface area contributed by atoms with Gasteiger partial charge in [0.2, 0.25) is 0 Å². The third kappa shape index (κ3) is 4.80. The predicted octanol–water partition coefficient (Wildman–Crippen LogP) is 4.08. The Bertz CT molecular complexity index is 904. The molecule has 1 aliphatic heterocycles. The highest BCUT2D eigenvalue weighted by Gasteiger charge is 2.31. The van der Waals surface area contributed by atoms with Crippen molar-refractivity contribution in [1.82, 2.24) is 4.90 Å². The van der Waals surface area contributed by atoms with E-state index >= 15 is 0 Å². The molecular formula is C19H23BrN2O3S2. The maximum absolute atomic E-state index is 13.3. The third-order valence-corrected chi connectivity index (χ3v) is 8.04. The van der Waals surface area contributed by atoms with E-state index < -0.39 is 10.0 Å². The van der Waals surface area contributed by atoms with Crippen LogP contribution in [0.1, 0.15) is 6.42 Å². The standard InChI is InChI=1S/C19H23BrN2O3S2/c1-21(2)10-5-12-25-15-8-9-18-17(14-15)22(11-13-26-18)27(23,24)19-7-4-3-6-16(19)20/h3-4,6-9,14H,5,10-13H2,1-2H3. The molecule has 0 saturated carbocycles. The molecule has 0 saturated heterocycles. The van der Waals surface area contributed by atoms with Crippen LogP contribution in [0.3, 0.4) is 0 Å². The van der Waals surface area contributed by atoms with Crippen molar-refractivity contribution in [3.05, 3.63) is 46.9 Å². The van der Waals surface area contributed by atoms with E-state index in [0.717, 1.165) is 23.6 Å². The molecule has 0 spiro atoms. The van der Waals surface area contributed by atoms with Crippen molar-refractivity contribution in [1.29, 1.82) is 0 Å². The molecule has 0 fully saturated rings. The van der Waals surface area contributed by atoms with Gasteiger partial charge in [0.25, 0.3) is 10.0 Å². The number of fused-ring (bicyclic) bond motifs is 1. The number of thioether (sulfide) groups is 1.